The first-order valence-corrected chi connectivity index (χ1v) is 7.41. The third-order valence-electron chi connectivity index (χ3n) is 4.05. The molecule has 2 rings (SSSR count). The van der Waals surface area contributed by atoms with Gasteiger partial charge in [-0.1, -0.05) is 24.9 Å². The Morgan fingerprint density at radius 2 is 2.35 bits per heavy atom. The van der Waals surface area contributed by atoms with Crippen molar-refractivity contribution in [1.82, 2.24) is 9.88 Å². The molecule has 0 amide bonds. The molecule has 1 aromatic heterocycles. The summed E-state index contributed by atoms with van der Waals surface area (Å²) in [6, 6.07) is 4.58. The van der Waals surface area contributed by atoms with Crippen molar-refractivity contribution in [3.63, 3.8) is 0 Å². The molecular formula is C15H24N4O. The van der Waals surface area contributed by atoms with Crippen molar-refractivity contribution in [2.24, 2.45) is 10.9 Å². The molecule has 0 aliphatic carbocycles. The zero-order valence-electron chi connectivity index (χ0n) is 12.1. The largest absolute Gasteiger partial charge is 0.409 e. The van der Waals surface area contributed by atoms with Gasteiger partial charge in [-0.15, -0.1) is 0 Å². The van der Waals surface area contributed by atoms with E-state index in [-0.39, 0.29) is 5.84 Å². The smallest absolute Gasteiger partial charge is 0.188 e. The van der Waals surface area contributed by atoms with E-state index < -0.39 is 0 Å². The fourth-order valence-electron chi connectivity index (χ4n) is 2.91. The Labute approximate surface area is 120 Å². The molecule has 2 heterocycles. The number of oxime groups is 1. The molecule has 1 aliphatic rings. The van der Waals surface area contributed by atoms with Crippen LogP contribution < -0.4 is 5.73 Å². The first kappa shape index (κ1) is 14.8. The number of rotatable bonds is 4. The Bertz CT molecular complexity index is 461. The van der Waals surface area contributed by atoms with Crippen LogP contribution in [0.1, 0.15) is 50.3 Å². The third kappa shape index (κ3) is 3.70. The van der Waals surface area contributed by atoms with Crippen molar-refractivity contribution >= 4 is 5.84 Å². The fourth-order valence-corrected chi connectivity index (χ4v) is 2.91. The van der Waals surface area contributed by atoms with Gasteiger partial charge in [0.25, 0.3) is 0 Å². The minimum atomic E-state index is 0.0646. The second-order valence-electron chi connectivity index (χ2n) is 5.42. The normalized spacial score (nSPS) is 21.6. The predicted octanol–water partition coefficient (Wildman–Crippen LogP) is 2.33. The van der Waals surface area contributed by atoms with Crippen molar-refractivity contribution in [2.75, 3.05) is 6.54 Å². The summed E-state index contributed by atoms with van der Waals surface area (Å²) in [5.74, 6) is 0.0646. The number of nitrogens with two attached hydrogens (primary N) is 1. The summed E-state index contributed by atoms with van der Waals surface area (Å²) in [4.78, 5) is 6.68. The highest BCUT2D eigenvalue weighted by Gasteiger charge is 2.19. The lowest BCUT2D eigenvalue weighted by atomic mass is 10.1. The number of aromatic nitrogens is 1. The molecule has 5 nitrogen and oxygen atoms in total. The van der Waals surface area contributed by atoms with Crippen LogP contribution in [-0.2, 0) is 6.54 Å². The maximum atomic E-state index is 8.73. The average Bonchev–Trinajstić information content (AvgIpc) is 2.71. The molecule has 1 fully saturated rings. The Balaban J connectivity index is 2.11. The van der Waals surface area contributed by atoms with Crippen molar-refractivity contribution < 1.29 is 5.21 Å². The molecule has 0 bridgehead atoms. The summed E-state index contributed by atoms with van der Waals surface area (Å²) in [6.07, 6.45) is 8.14. The van der Waals surface area contributed by atoms with E-state index in [1.54, 1.807) is 6.20 Å². The minimum absolute atomic E-state index is 0.0646. The monoisotopic (exact) mass is 276 g/mol. The SMILES string of the molecule is CCC1CCCCCN1Cc1ccnc(/C(N)=N/O)c1. The van der Waals surface area contributed by atoms with E-state index in [4.69, 9.17) is 10.9 Å². The summed E-state index contributed by atoms with van der Waals surface area (Å²) >= 11 is 0. The van der Waals surface area contributed by atoms with Gasteiger partial charge in [-0.25, -0.2) is 0 Å². The topological polar surface area (TPSA) is 74.7 Å². The lowest BCUT2D eigenvalue weighted by Gasteiger charge is -2.29. The second kappa shape index (κ2) is 7.24. The molecule has 1 aliphatic heterocycles. The number of amidine groups is 1. The third-order valence-corrected chi connectivity index (χ3v) is 4.05. The Kier molecular flexibility index (Phi) is 5.35. The summed E-state index contributed by atoms with van der Waals surface area (Å²) < 4.78 is 0. The maximum absolute atomic E-state index is 8.73. The van der Waals surface area contributed by atoms with Crippen LogP contribution in [0.4, 0.5) is 0 Å². The van der Waals surface area contributed by atoms with Gasteiger partial charge in [-0.2, -0.15) is 0 Å². The number of pyridine rings is 1. The van der Waals surface area contributed by atoms with Gasteiger partial charge < -0.3 is 10.9 Å². The van der Waals surface area contributed by atoms with E-state index in [1.807, 2.05) is 12.1 Å². The summed E-state index contributed by atoms with van der Waals surface area (Å²) in [5, 5.41) is 11.7. The molecule has 1 unspecified atom stereocenters. The van der Waals surface area contributed by atoms with Gasteiger partial charge in [0.2, 0.25) is 0 Å². The van der Waals surface area contributed by atoms with Crippen molar-refractivity contribution in [3.05, 3.63) is 29.6 Å². The molecule has 0 radical (unpaired) electrons. The Morgan fingerprint density at radius 1 is 1.50 bits per heavy atom. The van der Waals surface area contributed by atoms with Gasteiger partial charge in [-0.3, -0.25) is 9.88 Å². The molecule has 20 heavy (non-hydrogen) atoms. The van der Waals surface area contributed by atoms with Gasteiger partial charge >= 0.3 is 0 Å². The minimum Gasteiger partial charge on any atom is -0.409 e. The van der Waals surface area contributed by atoms with E-state index in [0.29, 0.717) is 11.7 Å². The van der Waals surface area contributed by atoms with Crippen LogP contribution in [0.25, 0.3) is 0 Å². The van der Waals surface area contributed by atoms with Gasteiger partial charge in [0, 0.05) is 18.8 Å². The van der Waals surface area contributed by atoms with Crippen LogP contribution in [0.3, 0.4) is 0 Å². The highest BCUT2D eigenvalue weighted by atomic mass is 16.4. The van der Waals surface area contributed by atoms with E-state index in [0.717, 1.165) is 13.1 Å². The van der Waals surface area contributed by atoms with Crippen LogP contribution in [0, 0.1) is 0 Å². The van der Waals surface area contributed by atoms with Crippen molar-refractivity contribution in [3.8, 4) is 0 Å². The molecule has 1 aromatic rings. The predicted molar refractivity (Wildman–Crippen MR) is 79.7 cm³/mol. The molecule has 0 saturated carbocycles. The van der Waals surface area contributed by atoms with Crippen LogP contribution in [0.2, 0.25) is 0 Å². The Hall–Kier alpha value is -1.62. The quantitative estimate of drug-likeness (QED) is 0.383. The number of hydrogen-bond acceptors (Lipinski definition) is 4. The number of likely N-dealkylation sites (tertiary alicyclic amines) is 1. The van der Waals surface area contributed by atoms with Gasteiger partial charge in [-0.05, 0) is 43.5 Å². The standard InChI is InChI=1S/C15H24N4O/c1-2-13-6-4-3-5-9-19(13)11-12-7-8-17-14(10-12)15(16)18-20/h7-8,10,13,20H,2-6,9,11H2,1H3,(H2,16,18). The zero-order chi connectivity index (χ0) is 14.4. The number of nitrogens with zero attached hydrogens (tertiary/aromatic N) is 3. The second-order valence-corrected chi connectivity index (χ2v) is 5.42. The summed E-state index contributed by atoms with van der Waals surface area (Å²) in [5.41, 5.74) is 7.30. The zero-order valence-corrected chi connectivity index (χ0v) is 12.1. The summed E-state index contributed by atoms with van der Waals surface area (Å²) in [6.45, 7) is 4.32. The molecule has 1 saturated heterocycles. The average molecular weight is 276 g/mol. The highest BCUT2D eigenvalue weighted by Crippen LogP contribution is 2.21. The van der Waals surface area contributed by atoms with Crippen LogP contribution in [-0.4, -0.2) is 33.5 Å². The molecule has 110 valence electrons. The lowest BCUT2D eigenvalue weighted by Crippen LogP contribution is -2.33. The van der Waals surface area contributed by atoms with Crippen molar-refractivity contribution in [1.29, 1.82) is 0 Å². The van der Waals surface area contributed by atoms with E-state index in [2.05, 4.69) is 22.0 Å². The molecule has 1 atom stereocenters. The summed E-state index contributed by atoms with van der Waals surface area (Å²) in [7, 11) is 0. The highest BCUT2D eigenvalue weighted by molar-refractivity contribution is 5.95. The van der Waals surface area contributed by atoms with Gasteiger partial charge in [0.05, 0.1) is 0 Å². The molecular weight excluding hydrogens is 252 g/mol. The molecule has 0 aromatic carbocycles. The van der Waals surface area contributed by atoms with Crippen LogP contribution in [0.5, 0.6) is 0 Å². The van der Waals surface area contributed by atoms with E-state index in [9.17, 15) is 0 Å². The van der Waals surface area contributed by atoms with Gasteiger partial charge in [0.15, 0.2) is 5.84 Å². The van der Waals surface area contributed by atoms with Gasteiger partial charge in [0.1, 0.15) is 5.69 Å². The molecule has 3 N–H and O–H groups in total. The van der Waals surface area contributed by atoms with E-state index >= 15 is 0 Å². The first-order valence-electron chi connectivity index (χ1n) is 7.41. The van der Waals surface area contributed by atoms with E-state index in [1.165, 1.54) is 37.7 Å². The van der Waals surface area contributed by atoms with Crippen molar-refractivity contribution in [2.45, 2.75) is 51.6 Å². The van der Waals surface area contributed by atoms with Crippen LogP contribution >= 0.6 is 0 Å². The Morgan fingerprint density at radius 3 is 3.10 bits per heavy atom. The fraction of sp³-hybridized carbons (Fsp3) is 0.600. The lowest BCUT2D eigenvalue weighted by molar-refractivity contribution is 0.186. The molecule has 0 spiro atoms. The van der Waals surface area contributed by atoms with Crippen LogP contribution in [0.15, 0.2) is 23.5 Å². The number of hydrogen-bond donors (Lipinski definition) is 2. The maximum Gasteiger partial charge on any atom is 0.188 e. The first-order chi connectivity index (χ1) is 9.74. The molecule has 5 heteroatoms.